The number of likely N-dealkylation sites (tertiary alicyclic amines) is 1. The maximum atomic E-state index is 5.68. The molecule has 0 spiro atoms. The van der Waals surface area contributed by atoms with Crippen molar-refractivity contribution in [2.75, 3.05) is 51.8 Å². The van der Waals surface area contributed by atoms with Gasteiger partial charge in [0.25, 0.3) is 0 Å². The van der Waals surface area contributed by atoms with E-state index in [-0.39, 0.29) is 0 Å². The molecule has 0 aromatic rings. The van der Waals surface area contributed by atoms with Gasteiger partial charge in [0.15, 0.2) is 0 Å². The fraction of sp³-hybridized carbons (Fsp3) is 1.00. The number of likely N-dealkylation sites (N-methyl/N-ethyl adjacent to an activating group) is 1. The number of nitrogens with zero attached hydrogens (tertiary/aromatic N) is 2. The Morgan fingerprint density at radius 2 is 1.88 bits per heavy atom. The Balaban J connectivity index is 2.10. The molecule has 0 saturated carbocycles. The number of alkyl halides is 1. The summed E-state index contributed by atoms with van der Waals surface area (Å²) in [7, 11) is 0. The zero-order valence-corrected chi connectivity index (χ0v) is 12.1. The Bertz CT molecular complexity index is 180. The van der Waals surface area contributed by atoms with Gasteiger partial charge in [-0.15, -0.1) is 11.6 Å². The summed E-state index contributed by atoms with van der Waals surface area (Å²) in [5.41, 5.74) is 0. The second-order valence-electron chi connectivity index (χ2n) is 4.63. The SMILES string of the molecule is CCN(CC)CCN1CCC(OCCCl)CC1. The predicted octanol–water partition coefficient (Wildman–Crippen LogP) is 2.05. The summed E-state index contributed by atoms with van der Waals surface area (Å²) in [5.74, 6) is 0.613. The van der Waals surface area contributed by atoms with Crippen LogP contribution < -0.4 is 0 Å². The summed E-state index contributed by atoms with van der Waals surface area (Å²) in [6, 6.07) is 0. The van der Waals surface area contributed by atoms with E-state index < -0.39 is 0 Å². The Kier molecular flexibility index (Phi) is 8.19. The standard InChI is InChI=1S/C13H27ClN2O/c1-3-15(4-2)10-11-16-8-5-13(6-9-16)17-12-7-14/h13H,3-12H2,1-2H3. The first kappa shape index (κ1) is 15.2. The molecule has 0 amide bonds. The molecule has 17 heavy (non-hydrogen) atoms. The normalized spacial score (nSPS) is 19.1. The molecule has 4 heteroatoms. The first-order chi connectivity index (χ1) is 8.30. The Labute approximate surface area is 111 Å². The summed E-state index contributed by atoms with van der Waals surface area (Å²) in [6.07, 6.45) is 2.77. The van der Waals surface area contributed by atoms with Crippen LogP contribution >= 0.6 is 11.6 Å². The molecule has 1 aliphatic heterocycles. The van der Waals surface area contributed by atoms with Gasteiger partial charge in [-0.3, -0.25) is 0 Å². The third kappa shape index (κ3) is 6.05. The van der Waals surface area contributed by atoms with Gasteiger partial charge in [0, 0.05) is 32.1 Å². The number of hydrogen-bond donors (Lipinski definition) is 0. The van der Waals surface area contributed by atoms with Crippen molar-refractivity contribution in [1.82, 2.24) is 9.80 Å². The second-order valence-corrected chi connectivity index (χ2v) is 5.01. The third-order valence-corrected chi connectivity index (χ3v) is 3.75. The second kappa shape index (κ2) is 9.15. The van der Waals surface area contributed by atoms with Gasteiger partial charge < -0.3 is 14.5 Å². The van der Waals surface area contributed by atoms with E-state index in [4.69, 9.17) is 16.3 Å². The predicted molar refractivity (Wildman–Crippen MR) is 73.9 cm³/mol. The first-order valence-corrected chi connectivity index (χ1v) is 7.45. The smallest absolute Gasteiger partial charge is 0.0605 e. The van der Waals surface area contributed by atoms with Gasteiger partial charge in [-0.25, -0.2) is 0 Å². The van der Waals surface area contributed by atoms with E-state index in [1.54, 1.807) is 0 Å². The number of ether oxygens (including phenoxy) is 1. The van der Waals surface area contributed by atoms with Crippen LogP contribution in [0.2, 0.25) is 0 Å². The van der Waals surface area contributed by atoms with Crippen LogP contribution in [0.25, 0.3) is 0 Å². The molecular formula is C13H27ClN2O. The number of hydrogen-bond acceptors (Lipinski definition) is 3. The molecule has 102 valence electrons. The summed E-state index contributed by atoms with van der Waals surface area (Å²) in [6.45, 7) is 12.2. The lowest BCUT2D eigenvalue weighted by molar-refractivity contribution is 0.0136. The third-order valence-electron chi connectivity index (χ3n) is 3.59. The highest BCUT2D eigenvalue weighted by Crippen LogP contribution is 2.13. The van der Waals surface area contributed by atoms with Gasteiger partial charge >= 0.3 is 0 Å². The van der Waals surface area contributed by atoms with Crippen LogP contribution in [0, 0.1) is 0 Å². The van der Waals surface area contributed by atoms with E-state index in [0.29, 0.717) is 18.6 Å². The van der Waals surface area contributed by atoms with Gasteiger partial charge in [-0.1, -0.05) is 13.8 Å². The molecule has 1 fully saturated rings. The van der Waals surface area contributed by atoms with E-state index in [1.165, 1.54) is 26.2 Å². The highest BCUT2D eigenvalue weighted by molar-refractivity contribution is 6.17. The van der Waals surface area contributed by atoms with Crippen molar-refractivity contribution in [2.24, 2.45) is 0 Å². The van der Waals surface area contributed by atoms with Crippen molar-refractivity contribution in [1.29, 1.82) is 0 Å². The van der Waals surface area contributed by atoms with Crippen LogP contribution in [-0.4, -0.2) is 67.7 Å². The Hall–Kier alpha value is 0.170. The molecule has 1 aliphatic rings. The summed E-state index contributed by atoms with van der Waals surface area (Å²) >= 11 is 5.62. The maximum absolute atomic E-state index is 5.68. The number of piperidine rings is 1. The van der Waals surface area contributed by atoms with Crippen molar-refractivity contribution in [2.45, 2.75) is 32.8 Å². The van der Waals surface area contributed by atoms with Crippen LogP contribution in [-0.2, 0) is 4.74 Å². The molecule has 0 N–H and O–H groups in total. The molecule has 0 aromatic heterocycles. The minimum absolute atomic E-state index is 0.443. The molecule has 1 rings (SSSR count). The van der Waals surface area contributed by atoms with Gasteiger partial charge in [-0.05, 0) is 25.9 Å². The van der Waals surface area contributed by atoms with Crippen LogP contribution in [0.4, 0.5) is 0 Å². The lowest BCUT2D eigenvalue weighted by Crippen LogP contribution is -2.41. The molecule has 0 atom stereocenters. The minimum atomic E-state index is 0.443. The number of halogens is 1. The first-order valence-electron chi connectivity index (χ1n) is 6.92. The van der Waals surface area contributed by atoms with E-state index in [9.17, 15) is 0 Å². The van der Waals surface area contributed by atoms with Crippen molar-refractivity contribution >= 4 is 11.6 Å². The van der Waals surface area contributed by atoms with Crippen molar-refractivity contribution in [3.63, 3.8) is 0 Å². The van der Waals surface area contributed by atoms with E-state index in [1.807, 2.05) is 0 Å². The van der Waals surface area contributed by atoms with Crippen LogP contribution in [0.15, 0.2) is 0 Å². The topological polar surface area (TPSA) is 15.7 Å². The van der Waals surface area contributed by atoms with Crippen molar-refractivity contribution in [3.05, 3.63) is 0 Å². The monoisotopic (exact) mass is 262 g/mol. The molecule has 0 aromatic carbocycles. The molecule has 0 bridgehead atoms. The average molecular weight is 263 g/mol. The van der Waals surface area contributed by atoms with E-state index in [0.717, 1.165) is 25.9 Å². The fourth-order valence-electron chi connectivity index (χ4n) is 2.33. The quantitative estimate of drug-likeness (QED) is 0.623. The molecule has 1 saturated heterocycles. The van der Waals surface area contributed by atoms with Gasteiger partial charge in [0.1, 0.15) is 0 Å². The van der Waals surface area contributed by atoms with Crippen LogP contribution in [0.5, 0.6) is 0 Å². The van der Waals surface area contributed by atoms with Crippen LogP contribution in [0.1, 0.15) is 26.7 Å². The van der Waals surface area contributed by atoms with Crippen molar-refractivity contribution in [3.8, 4) is 0 Å². The maximum Gasteiger partial charge on any atom is 0.0605 e. The molecule has 0 aliphatic carbocycles. The van der Waals surface area contributed by atoms with Gasteiger partial charge in [-0.2, -0.15) is 0 Å². The minimum Gasteiger partial charge on any atom is -0.377 e. The molecule has 0 radical (unpaired) electrons. The van der Waals surface area contributed by atoms with E-state index in [2.05, 4.69) is 23.6 Å². The average Bonchev–Trinajstić information content (AvgIpc) is 2.39. The summed E-state index contributed by atoms with van der Waals surface area (Å²) in [4.78, 5) is 5.04. The lowest BCUT2D eigenvalue weighted by atomic mass is 10.1. The fourth-order valence-corrected chi connectivity index (χ4v) is 2.42. The zero-order chi connectivity index (χ0) is 12.5. The van der Waals surface area contributed by atoms with Crippen LogP contribution in [0.3, 0.4) is 0 Å². The highest BCUT2D eigenvalue weighted by Gasteiger charge is 2.19. The highest BCUT2D eigenvalue weighted by atomic mass is 35.5. The molecular weight excluding hydrogens is 236 g/mol. The van der Waals surface area contributed by atoms with E-state index >= 15 is 0 Å². The molecule has 0 unspecified atom stereocenters. The van der Waals surface area contributed by atoms with Gasteiger partial charge in [0.2, 0.25) is 0 Å². The lowest BCUT2D eigenvalue weighted by Gasteiger charge is -2.33. The number of rotatable bonds is 8. The summed E-state index contributed by atoms with van der Waals surface area (Å²) in [5, 5.41) is 0. The Morgan fingerprint density at radius 3 is 2.41 bits per heavy atom. The molecule has 1 heterocycles. The zero-order valence-electron chi connectivity index (χ0n) is 11.3. The van der Waals surface area contributed by atoms with Gasteiger partial charge in [0.05, 0.1) is 12.7 Å². The molecule has 3 nitrogen and oxygen atoms in total. The Morgan fingerprint density at radius 1 is 1.24 bits per heavy atom. The summed E-state index contributed by atoms with van der Waals surface area (Å²) < 4.78 is 5.68. The largest absolute Gasteiger partial charge is 0.377 e. The van der Waals surface area contributed by atoms with Crippen molar-refractivity contribution < 1.29 is 4.74 Å².